The number of hydrogen-bond donors (Lipinski definition) is 1. The first-order valence-corrected chi connectivity index (χ1v) is 8.07. The van der Waals surface area contributed by atoms with E-state index >= 15 is 0 Å². The molecule has 3 aromatic carbocycles. The van der Waals surface area contributed by atoms with Gasteiger partial charge in [0.1, 0.15) is 11.2 Å². The van der Waals surface area contributed by atoms with Crippen molar-refractivity contribution in [3.05, 3.63) is 108 Å². The Hall–Kier alpha value is -2.42. The Balaban J connectivity index is 2.29. The molecular weight excluding hydrogens is 296 g/mol. The van der Waals surface area contributed by atoms with Crippen LogP contribution < -0.4 is 0 Å². The molecule has 2 heteroatoms. The van der Waals surface area contributed by atoms with Crippen LogP contribution in [0.3, 0.4) is 0 Å². The largest absolute Gasteiger partial charge is 0.377 e. The van der Waals surface area contributed by atoms with Crippen molar-refractivity contribution in [2.45, 2.75) is 18.1 Å². The minimum atomic E-state index is -1.33. The lowest BCUT2D eigenvalue weighted by atomic mass is 9.70. The van der Waals surface area contributed by atoms with Gasteiger partial charge in [0.15, 0.2) is 0 Å². The topological polar surface area (TPSA) is 29.5 Å². The predicted molar refractivity (Wildman–Crippen MR) is 96.7 cm³/mol. The van der Waals surface area contributed by atoms with Crippen molar-refractivity contribution in [2.24, 2.45) is 0 Å². The van der Waals surface area contributed by atoms with Gasteiger partial charge in [0.05, 0.1) is 0 Å². The van der Waals surface area contributed by atoms with Crippen LogP contribution in [0.1, 0.15) is 23.6 Å². The van der Waals surface area contributed by atoms with Gasteiger partial charge in [0.25, 0.3) is 0 Å². The lowest BCUT2D eigenvalue weighted by Gasteiger charge is -2.45. The Morgan fingerprint density at radius 1 is 0.625 bits per heavy atom. The molecule has 2 nitrogen and oxygen atoms in total. The van der Waals surface area contributed by atoms with Crippen molar-refractivity contribution in [1.29, 1.82) is 0 Å². The fourth-order valence-electron chi connectivity index (χ4n) is 3.31. The van der Waals surface area contributed by atoms with Gasteiger partial charge in [0.2, 0.25) is 0 Å². The fraction of sp³-hybridized carbons (Fsp3) is 0.182. The minimum Gasteiger partial charge on any atom is -0.377 e. The van der Waals surface area contributed by atoms with Crippen molar-refractivity contribution >= 4 is 0 Å². The van der Waals surface area contributed by atoms with Crippen LogP contribution in [-0.4, -0.2) is 12.2 Å². The molecule has 0 aliphatic carbocycles. The lowest BCUT2D eigenvalue weighted by Crippen LogP contribution is -2.49. The summed E-state index contributed by atoms with van der Waals surface area (Å²) in [6.45, 7) is 1.93. The molecule has 1 N–H and O–H groups in total. The second kappa shape index (κ2) is 6.60. The molecule has 0 saturated carbocycles. The minimum absolute atomic E-state index is 0.796. The van der Waals surface area contributed by atoms with Crippen LogP contribution in [0.25, 0.3) is 0 Å². The summed E-state index contributed by atoms with van der Waals surface area (Å²) in [6.07, 6.45) is 0. The fourth-order valence-corrected chi connectivity index (χ4v) is 3.31. The molecule has 0 radical (unpaired) electrons. The molecule has 1 atom stereocenters. The van der Waals surface area contributed by atoms with Gasteiger partial charge in [-0.1, -0.05) is 91.0 Å². The lowest BCUT2D eigenvalue weighted by molar-refractivity contribution is -0.150. The monoisotopic (exact) mass is 318 g/mol. The van der Waals surface area contributed by atoms with Crippen LogP contribution in [-0.2, 0) is 15.9 Å². The van der Waals surface area contributed by atoms with E-state index in [1.807, 2.05) is 97.9 Å². The maximum atomic E-state index is 12.0. The molecule has 0 fully saturated rings. The van der Waals surface area contributed by atoms with E-state index in [1.54, 1.807) is 7.11 Å². The first-order chi connectivity index (χ1) is 11.6. The second-order valence-corrected chi connectivity index (χ2v) is 6.05. The number of rotatable bonds is 5. The van der Waals surface area contributed by atoms with Crippen LogP contribution in [0.2, 0.25) is 0 Å². The number of ether oxygens (including phenoxy) is 1. The highest BCUT2D eigenvalue weighted by Gasteiger charge is 2.51. The van der Waals surface area contributed by atoms with Crippen LogP contribution in [0, 0.1) is 0 Å². The van der Waals surface area contributed by atoms with Crippen LogP contribution in [0.5, 0.6) is 0 Å². The first kappa shape index (κ1) is 16.4. The molecule has 1 unspecified atom stereocenters. The molecule has 3 aromatic rings. The standard InChI is InChI=1S/C22H22O2/c1-21(24-2,18-12-6-3-7-13-18)22(23,19-14-8-4-9-15-19)20-16-10-5-11-17-20/h3-17,23H,1-2H3. The summed E-state index contributed by atoms with van der Waals surface area (Å²) in [5.41, 5.74) is 0.235. The Morgan fingerprint density at radius 2 is 0.958 bits per heavy atom. The summed E-state index contributed by atoms with van der Waals surface area (Å²) in [6, 6.07) is 29.2. The van der Waals surface area contributed by atoms with Gasteiger partial charge in [-0.25, -0.2) is 0 Å². The van der Waals surface area contributed by atoms with Gasteiger partial charge in [-0.3, -0.25) is 0 Å². The molecule has 0 aromatic heterocycles. The maximum absolute atomic E-state index is 12.0. The van der Waals surface area contributed by atoms with Crippen molar-refractivity contribution in [3.8, 4) is 0 Å². The highest BCUT2D eigenvalue weighted by molar-refractivity contribution is 5.43. The average Bonchev–Trinajstić information content (AvgIpc) is 2.68. The van der Waals surface area contributed by atoms with E-state index in [0.717, 1.165) is 16.7 Å². The van der Waals surface area contributed by atoms with Crippen molar-refractivity contribution in [3.63, 3.8) is 0 Å². The van der Waals surface area contributed by atoms with Crippen molar-refractivity contribution < 1.29 is 9.84 Å². The van der Waals surface area contributed by atoms with E-state index in [4.69, 9.17) is 4.74 Å². The van der Waals surface area contributed by atoms with Crippen molar-refractivity contribution in [1.82, 2.24) is 0 Å². The van der Waals surface area contributed by atoms with Crippen LogP contribution >= 0.6 is 0 Å². The van der Waals surface area contributed by atoms with Gasteiger partial charge in [-0.2, -0.15) is 0 Å². The summed E-state index contributed by atoms with van der Waals surface area (Å²) in [4.78, 5) is 0. The van der Waals surface area contributed by atoms with Gasteiger partial charge >= 0.3 is 0 Å². The summed E-state index contributed by atoms with van der Waals surface area (Å²) < 4.78 is 5.95. The Kier molecular flexibility index (Phi) is 4.52. The highest BCUT2D eigenvalue weighted by Crippen LogP contribution is 2.47. The summed E-state index contributed by atoms with van der Waals surface area (Å²) >= 11 is 0. The van der Waals surface area contributed by atoms with E-state index < -0.39 is 11.2 Å². The van der Waals surface area contributed by atoms with Crippen LogP contribution in [0.4, 0.5) is 0 Å². The molecule has 0 aliphatic heterocycles. The molecule has 24 heavy (non-hydrogen) atoms. The zero-order valence-corrected chi connectivity index (χ0v) is 14.0. The second-order valence-electron chi connectivity index (χ2n) is 6.05. The van der Waals surface area contributed by atoms with E-state index in [9.17, 15) is 5.11 Å². The van der Waals surface area contributed by atoms with E-state index in [0.29, 0.717) is 0 Å². The zero-order chi connectivity index (χ0) is 17.0. The third-order valence-corrected chi connectivity index (χ3v) is 4.81. The third kappa shape index (κ3) is 2.54. The van der Waals surface area contributed by atoms with Gasteiger partial charge in [-0.15, -0.1) is 0 Å². The Morgan fingerprint density at radius 3 is 1.29 bits per heavy atom. The smallest absolute Gasteiger partial charge is 0.147 e. The first-order valence-electron chi connectivity index (χ1n) is 8.07. The number of methoxy groups -OCH3 is 1. The summed E-state index contributed by atoms with van der Waals surface area (Å²) in [7, 11) is 1.64. The molecule has 3 rings (SSSR count). The highest BCUT2D eigenvalue weighted by atomic mass is 16.5. The molecule has 0 saturated heterocycles. The molecule has 122 valence electrons. The average molecular weight is 318 g/mol. The molecule has 0 heterocycles. The molecular formula is C22H22O2. The van der Waals surface area contributed by atoms with Gasteiger partial charge in [-0.05, 0) is 23.6 Å². The van der Waals surface area contributed by atoms with Crippen LogP contribution in [0.15, 0.2) is 91.0 Å². The van der Waals surface area contributed by atoms with Gasteiger partial charge in [0, 0.05) is 7.11 Å². The van der Waals surface area contributed by atoms with E-state index in [1.165, 1.54) is 0 Å². The normalized spacial score (nSPS) is 14.1. The Bertz CT molecular complexity index is 729. The number of benzene rings is 3. The zero-order valence-electron chi connectivity index (χ0n) is 14.0. The van der Waals surface area contributed by atoms with E-state index in [-0.39, 0.29) is 0 Å². The van der Waals surface area contributed by atoms with Gasteiger partial charge < -0.3 is 9.84 Å². The number of aliphatic hydroxyl groups is 1. The Labute approximate surface area is 143 Å². The molecule has 0 aliphatic rings. The van der Waals surface area contributed by atoms with E-state index in [2.05, 4.69) is 0 Å². The SMILES string of the molecule is COC(C)(c1ccccc1)C(O)(c1ccccc1)c1ccccc1. The maximum Gasteiger partial charge on any atom is 0.147 e. The molecule has 0 amide bonds. The third-order valence-electron chi connectivity index (χ3n) is 4.81. The predicted octanol–water partition coefficient (Wildman–Crippen LogP) is 4.48. The summed E-state index contributed by atoms with van der Waals surface area (Å²) in [5.74, 6) is 0. The molecule has 0 spiro atoms. The number of hydrogen-bond acceptors (Lipinski definition) is 2. The molecule has 0 bridgehead atoms. The van der Waals surface area contributed by atoms with Crippen molar-refractivity contribution in [2.75, 3.05) is 7.11 Å². The summed E-state index contributed by atoms with van der Waals surface area (Å²) in [5, 5.41) is 12.0. The quantitative estimate of drug-likeness (QED) is 0.751.